The second-order valence-corrected chi connectivity index (χ2v) is 15.0. The van der Waals surface area contributed by atoms with Gasteiger partial charge in [-0.2, -0.15) is 0 Å². The molecule has 256 valence electrons. The quantitative estimate of drug-likeness (QED) is 0.131. The number of nitrogens with zero attached hydrogens (tertiary/aromatic N) is 3. The Morgan fingerprint density at radius 3 is 1.73 bits per heavy atom. The lowest BCUT2D eigenvalue weighted by molar-refractivity contribution is 1.08. The molecule has 0 aliphatic heterocycles. The van der Waals surface area contributed by atoms with Crippen molar-refractivity contribution in [3.63, 3.8) is 0 Å². The van der Waals surface area contributed by atoms with Gasteiger partial charge in [0.15, 0.2) is 17.5 Å². The van der Waals surface area contributed by atoms with Gasteiger partial charge in [-0.15, -0.1) is 11.3 Å². The van der Waals surface area contributed by atoms with E-state index in [0.717, 1.165) is 27.8 Å². The van der Waals surface area contributed by atoms with E-state index in [4.69, 9.17) is 15.0 Å². The van der Waals surface area contributed by atoms with Crippen LogP contribution >= 0.6 is 11.3 Å². The van der Waals surface area contributed by atoms with Crippen LogP contribution in [0.25, 0.3) is 109 Å². The third-order valence-corrected chi connectivity index (χ3v) is 11.9. The third kappa shape index (κ3) is 5.38. The van der Waals surface area contributed by atoms with Gasteiger partial charge >= 0.3 is 0 Å². The molecule has 0 radical (unpaired) electrons. The fourth-order valence-electron chi connectivity index (χ4n) is 8.09. The zero-order valence-corrected chi connectivity index (χ0v) is 30.5. The minimum atomic E-state index is 0.645. The van der Waals surface area contributed by atoms with Crippen molar-refractivity contribution in [2.75, 3.05) is 0 Å². The SMILES string of the molecule is c1ccc(-c2nc(-c3cccc(-c4cccc(-c5c6ccccc6cc6c5ccc5ccccc56)c4)c3)nc(-c3cccc4c3sc3ccccc34)n2)cc1. The highest BCUT2D eigenvalue weighted by Gasteiger charge is 2.18. The van der Waals surface area contributed by atoms with Crippen molar-refractivity contribution >= 4 is 63.8 Å². The van der Waals surface area contributed by atoms with Crippen LogP contribution in [0.4, 0.5) is 0 Å². The number of hydrogen-bond donors (Lipinski definition) is 0. The Labute approximate surface area is 321 Å². The smallest absolute Gasteiger partial charge is 0.165 e. The largest absolute Gasteiger partial charge is 0.208 e. The van der Waals surface area contributed by atoms with Crippen LogP contribution in [0.15, 0.2) is 188 Å². The number of benzene rings is 9. The lowest BCUT2D eigenvalue weighted by Gasteiger charge is -2.15. The van der Waals surface area contributed by atoms with Crippen molar-refractivity contribution in [3.8, 4) is 56.4 Å². The van der Waals surface area contributed by atoms with Crippen molar-refractivity contribution < 1.29 is 0 Å². The van der Waals surface area contributed by atoms with Gasteiger partial charge < -0.3 is 0 Å². The number of fused-ring (bicyclic) bond motifs is 7. The molecule has 0 aliphatic rings. The molecule has 0 bridgehead atoms. The minimum Gasteiger partial charge on any atom is -0.208 e. The molecule has 3 nitrogen and oxygen atoms in total. The van der Waals surface area contributed by atoms with Crippen molar-refractivity contribution in [1.82, 2.24) is 15.0 Å². The summed E-state index contributed by atoms with van der Waals surface area (Å²) in [5.41, 5.74) is 7.58. The molecule has 9 aromatic carbocycles. The van der Waals surface area contributed by atoms with Crippen LogP contribution in [0.1, 0.15) is 0 Å². The van der Waals surface area contributed by atoms with E-state index in [1.54, 1.807) is 11.3 Å². The summed E-state index contributed by atoms with van der Waals surface area (Å²) in [6.07, 6.45) is 0. The van der Waals surface area contributed by atoms with Crippen molar-refractivity contribution in [1.29, 1.82) is 0 Å². The average molecular weight is 718 g/mol. The van der Waals surface area contributed by atoms with E-state index in [-0.39, 0.29) is 0 Å². The van der Waals surface area contributed by atoms with Crippen LogP contribution in [0, 0.1) is 0 Å². The Hall–Kier alpha value is -7.01. The van der Waals surface area contributed by atoms with Gasteiger partial charge in [0.05, 0.1) is 0 Å². The zero-order chi connectivity index (χ0) is 36.3. The summed E-state index contributed by atoms with van der Waals surface area (Å²) in [5.74, 6) is 1.97. The predicted molar refractivity (Wildman–Crippen MR) is 232 cm³/mol. The molecule has 0 aliphatic carbocycles. The van der Waals surface area contributed by atoms with Crippen LogP contribution in [-0.4, -0.2) is 15.0 Å². The first-order chi connectivity index (χ1) is 27.2. The van der Waals surface area contributed by atoms with Gasteiger partial charge in [-0.1, -0.05) is 158 Å². The number of aromatic nitrogens is 3. The fraction of sp³-hybridized carbons (Fsp3) is 0. The van der Waals surface area contributed by atoms with Crippen LogP contribution < -0.4 is 0 Å². The maximum atomic E-state index is 5.20. The zero-order valence-electron chi connectivity index (χ0n) is 29.6. The summed E-state index contributed by atoms with van der Waals surface area (Å²) in [4.78, 5) is 15.4. The molecule has 2 heterocycles. The number of hydrogen-bond acceptors (Lipinski definition) is 4. The van der Waals surface area contributed by atoms with Gasteiger partial charge in [0.2, 0.25) is 0 Å². The standard InChI is InChI=1S/C51H31N3S/c1-2-14-33(15-3-1)49-52-50(54-51(53-49)44-25-12-24-43-41-23-8-9-26-46(41)55-48(43)44)38-20-11-18-35(30-38)34-17-10-19-37(29-34)47-40-22-7-5-16-36(40)31-45-39-21-6-4-13-32(39)27-28-42(45)47/h1-31H. The first kappa shape index (κ1) is 31.5. The Kier molecular flexibility index (Phi) is 7.35. The molecule has 55 heavy (non-hydrogen) atoms. The summed E-state index contributed by atoms with van der Waals surface area (Å²) < 4.78 is 2.43. The van der Waals surface area contributed by atoms with Crippen molar-refractivity contribution in [3.05, 3.63) is 188 Å². The minimum absolute atomic E-state index is 0.645. The van der Waals surface area contributed by atoms with Crippen molar-refractivity contribution in [2.45, 2.75) is 0 Å². The molecule has 0 fully saturated rings. The fourth-order valence-corrected chi connectivity index (χ4v) is 9.30. The maximum Gasteiger partial charge on any atom is 0.165 e. The van der Waals surface area contributed by atoms with Crippen molar-refractivity contribution in [2.24, 2.45) is 0 Å². The lowest BCUT2D eigenvalue weighted by Crippen LogP contribution is -2.00. The highest BCUT2D eigenvalue weighted by Crippen LogP contribution is 2.42. The van der Waals surface area contributed by atoms with Crippen LogP contribution in [-0.2, 0) is 0 Å². The second-order valence-electron chi connectivity index (χ2n) is 14.0. The normalized spacial score (nSPS) is 11.6. The molecular weight excluding hydrogens is 687 g/mol. The topological polar surface area (TPSA) is 38.7 Å². The van der Waals surface area contributed by atoms with Crippen LogP contribution in [0.3, 0.4) is 0 Å². The molecule has 0 atom stereocenters. The van der Waals surface area contributed by atoms with E-state index < -0.39 is 0 Å². The monoisotopic (exact) mass is 717 g/mol. The maximum absolute atomic E-state index is 5.20. The molecule has 0 N–H and O–H groups in total. The molecule has 0 saturated carbocycles. The summed E-state index contributed by atoms with van der Waals surface area (Å²) >= 11 is 1.79. The Bertz CT molecular complexity index is 3270. The third-order valence-electron chi connectivity index (χ3n) is 10.7. The molecule has 11 aromatic rings. The molecule has 2 aromatic heterocycles. The number of thiophene rings is 1. The summed E-state index contributed by atoms with van der Waals surface area (Å²) in [6, 6.07) is 67.0. The van der Waals surface area contributed by atoms with E-state index in [1.165, 1.54) is 63.6 Å². The van der Waals surface area contributed by atoms with Crippen LogP contribution in [0.2, 0.25) is 0 Å². The highest BCUT2D eigenvalue weighted by molar-refractivity contribution is 7.26. The van der Waals surface area contributed by atoms with Crippen LogP contribution in [0.5, 0.6) is 0 Å². The predicted octanol–water partition coefficient (Wildman–Crippen LogP) is 14.0. The van der Waals surface area contributed by atoms with Gasteiger partial charge in [0.1, 0.15) is 0 Å². The van der Waals surface area contributed by atoms with Gasteiger partial charge in [-0.05, 0) is 84.9 Å². The Balaban J connectivity index is 1.07. The van der Waals surface area contributed by atoms with E-state index >= 15 is 0 Å². The molecule has 11 rings (SSSR count). The van der Waals surface area contributed by atoms with E-state index in [9.17, 15) is 0 Å². The first-order valence-corrected chi connectivity index (χ1v) is 19.3. The molecule has 0 spiro atoms. The summed E-state index contributed by atoms with van der Waals surface area (Å²) in [5, 5.41) is 9.99. The molecule has 0 saturated heterocycles. The molecule has 4 heteroatoms. The molecular formula is C51H31N3S. The highest BCUT2D eigenvalue weighted by atomic mass is 32.1. The Morgan fingerprint density at radius 1 is 0.309 bits per heavy atom. The molecule has 0 amide bonds. The first-order valence-electron chi connectivity index (χ1n) is 18.5. The van der Waals surface area contributed by atoms with E-state index in [1.807, 2.05) is 18.2 Å². The lowest BCUT2D eigenvalue weighted by atomic mass is 9.89. The van der Waals surface area contributed by atoms with Gasteiger partial charge in [0.25, 0.3) is 0 Å². The Morgan fingerprint density at radius 2 is 0.891 bits per heavy atom. The van der Waals surface area contributed by atoms with Gasteiger partial charge in [-0.3, -0.25) is 0 Å². The molecule has 0 unspecified atom stereocenters. The number of rotatable bonds is 5. The van der Waals surface area contributed by atoms with E-state index in [0.29, 0.717) is 17.5 Å². The summed E-state index contributed by atoms with van der Waals surface area (Å²) in [7, 11) is 0. The van der Waals surface area contributed by atoms with Gasteiger partial charge in [-0.25, -0.2) is 15.0 Å². The second kappa shape index (κ2) is 12.8. The van der Waals surface area contributed by atoms with E-state index in [2.05, 4.69) is 170 Å². The average Bonchev–Trinajstić information content (AvgIpc) is 3.65. The van der Waals surface area contributed by atoms with Gasteiger partial charge in [0, 0.05) is 36.9 Å². The summed E-state index contributed by atoms with van der Waals surface area (Å²) in [6.45, 7) is 0.